The number of hydrogen-bond acceptors (Lipinski definition) is 0. The van der Waals surface area contributed by atoms with E-state index in [1.807, 2.05) is 12.1 Å². The summed E-state index contributed by atoms with van der Waals surface area (Å²) < 4.78 is 14.3. The van der Waals surface area contributed by atoms with Gasteiger partial charge < -0.3 is 0 Å². The van der Waals surface area contributed by atoms with Gasteiger partial charge in [-0.1, -0.05) is 37.6 Å². The van der Waals surface area contributed by atoms with Crippen molar-refractivity contribution in [3.63, 3.8) is 0 Å². The SMILES string of the molecule is C/C=C/C1CCC2CC(c3ccc(CCC)c(F)c3)CCC2C1. The van der Waals surface area contributed by atoms with E-state index in [4.69, 9.17) is 0 Å². The molecule has 1 aromatic rings. The first-order valence-corrected chi connectivity index (χ1v) is 9.62. The summed E-state index contributed by atoms with van der Waals surface area (Å²) in [5, 5.41) is 0. The highest BCUT2D eigenvalue weighted by Crippen LogP contribution is 2.47. The molecule has 0 bridgehead atoms. The molecule has 0 aromatic heterocycles. The molecule has 2 aliphatic carbocycles. The van der Waals surface area contributed by atoms with Gasteiger partial charge in [-0.15, -0.1) is 0 Å². The molecular weight excluding hydrogens is 283 g/mol. The molecule has 0 nitrogen and oxygen atoms in total. The van der Waals surface area contributed by atoms with Crippen molar-refractivity contribution < 1.29 is 4.39 Å². The van der Waals surface area contributed by atoms with E-state index in [0.717, 1.165) is 36.2 Å². The molecule has 2 fully saturated rings. The molecule has 0 N–H and O–H groups in total. The Morgan fingerprint density at radius 2 is 1.87 bits per heavy atom. The number of benzene rings is 1. The van der Waals surface area contributed by atoms with E-state index >= 15 is 0 Å². The fraction of sp³-hybridized carbons (Fsp3) is 0.636. The van der Waals surface area contributed by atoms with Crippen molar-refractivity contribution in [2.45, 2.75) is 71.1 Å². The molecule has 23 heavy (non-hydrogen) atoms. The van der Waals surface area contributed by atoms with E-state index in [1.54, 1.807) is 0 Å². The molecule has 4 atom stereocenters. The minimum absolute atomic E-state index is 0.0169. The van der Waals surface area contributed by atoms with Gasteiger partial charge in [-0.3, -0.25) is 0 Å². The third-order valence-corrected chi connectivity index (χ3v) is 6.19. The predicted octanol–water partition coefficient (Wildman–Crippen LogP) is 6.65. The molecule has 0 heterocycles. The highest BCUT2D eigenvalue weighted by molar-refractivity contribution is 5.27. The van der Waals surface area contributed by atoms with E-state index in [9.17, 15) is 4.39 Å². The molecule has 0 saturated heterocycles. The molecule has 2 aliphatic rings. The van der Waals surface area contributed by atoms with Gasteiger partial charge in [0.15, 0.2) is 0 Å². The van der Waals surface area contributed by atoms with Crippen molar-refractivity contribution in [3.8, 4) is 0 Å². The summed E-state index contributed by atoms with van der Waals surface area (Å²) in [5.74, 6) is 3.19. The average molecular weight is 314 g/mol. The first-order chi connectivity index (χ1) is 11.2. The number of aryl methyl sites for hydroxylation is 1. The van der Waals surface area contributed by atoms with E-state index in [2.05, 4.69) is 32.1 Å². The van der Waals surface area contributed by atoms with Crippen LogP contribution in [0.5, 0.6) is 0 Å². The highest BCUT2D eigenvalue weighted by atomic mass is 19.1. The lowest BCUT2D eigenvalue weighted by molar-refractivity contribution is 0.133. The van der Waals surface area contributed by atoms with Crippen molar-refractivity contribution in [3.05, 3.63) is 47.3 Å². The van der Waals surface area contributed by atoms with Crippen molar-refractivity contribution in [2.24, 2.45) is 17.8 Å². The first kappa shape index (κ1) is 16.7. The molecule has 3 rings (SSSR count). The van der Waals surface area contributed by atoms with Crippen LogP contribution < -0.4 is 0 Å². The zero-order valence-corrected chi connectivity index (χ0v) is 14.7. The second-order valence-corrected chi connectivity index (χ2v) is 7.73. The lowest BCUT2D eigenvalue weighted by atomic mass is 9.64. The molecule has 126 valence electrons. The third-order valence-electron chi connectivity index (χ3n) is 6.19. The molecule has 1 aromatic carbocycles. The minimum Gasteiger partial charge on any atom is -0.207 e. The van der Waals surface area contributed by atoms with Gasteiger partial charge in [0.05, 0.1) is 0 Å². The first-order valence-electron chi connectivity index (χ1n) is 9.62. The quantitative estimate of drug-likeness (QED) is 0.545. The van der Waals surface area contributed by atoms with E-state index < -0.39 is 0 Å². The summed E-state index contributed by atoms with van der Waals surface area (Å²) in [6.45, 7) is 4.25. The number of rotatable bonds is 4. The van der Waals surface area contributed by atoms with Crippen LogP contribution in [0.2, 0.25) is 0 Å². The van der Waals surface area contributed by atoms with Gasteiger partial charge in [0.25, 0.3) is 0 Å². The van der Waals surface area contributed by atoms with E-state index in [1.165, 1.54) is 44.1 Å². The maximum atomic E-state index is 14.3. The molecule has 2 saturated carbocycles. The van der Waals surface area contributed by atoms with Gasteiger partial charge >= 0.3 is 0 Å². The van der Waals surface area contributed by atoms with Crippen LogP contribution in [0.15, 0.2) is 30.4 Å². The third kappa shape index (κ3) is 3.87. The van der Waals surface area contributed by atoms with Gasteiger partial charge in [0, 0.05) is 0 Å². The maximum Gasteiger partial charge on any atom is 0.126 e. The predicted molar refractivity (Wildman–Crippen MR) is 96.1 cm³/mol. The normalized spacial score (nSPS) is 31.3. The van der Waals surface area contributed by atoms with Gasteiger partial charge in [0.2, 0.25) is 0 Å². The molecule has 0 aliphatic heterocycles. The standard InChI is InChI=1S/C22H31F/c1-3-5-16-7-8-19-14-20(12-11-18(19)13-16)21-10-9-17(6-4-2)22(23)15-21/h3,5,9-10,15-16,18-20H,4,6-8,11-14H2,1-2H3/b5-3+. The maximum absolute atomic E-state index is 14.3. The second-order valence-electron chi connectivity index (χ2n) is 7.73. The van der Waals surface area contributed by atoms with Crippen LogP contribution in [0.3, 0.4) is 0 Å². The Hall–Kier alpha value is -1.11. The van der Waals surface area contributed by atoms with Crippen molar-refractivity contribution in [1.82, 2.24) is 0 Å². The van der Waals surface area contributed by atoms with Crippen LogP contribution in [-0.2, 0) is 6.42 Å². The Labute approximate surface area is 141 Å². The van der Waals surface area contributed by atoms with Crippen LogP contribution in [0.25, 0.3) is 0 Å². The number of fused-ring (bicyclic) bond motifs is 1. The van der Waals surface area contributed by atoms with Gasteiger partial charge in [-0.2, -0.15) is 0 Å². The molecule has 0 amide bonds. The summed E-state index contributed by atoms with van der Waals surface area (Å²) in [7, 11) is 0. The summed E-state index contributed by atoms with van der Waals surface area (Å²) in [6.07, 6.45) is 14.4. The van der Waals surface area contributed by atoms with E-state index in [0.29, 0.717) is 5.92 Å². The smallest absolute Gasteiger partial charge is 0.126 e. The summed E-state index contributed by atoms with van der Waals surface area (Å²) in [4.78, 5) is 0. The number of halogens is 1. The Kier molecular flexibility index (Phi) is 5.56. The summed E-state index contributed by atoms with van der Waals surface area (Å²) in [5.41, 5.74) is 2.13. The lowest BCUT2D eigenvalue weighted by Gasteiger charge is -2.41. The monoisotopic (exact) mass is 314 g/mol. The van der Waals surface area contributed by atoms with Crippen LogP contribution >= 0.6 is 0 Å². The van der Waals surface area contributed by atoms with Gasteiger partial charge in [-0.25, -0.2) is 4.39 Å². The Balaban J connectivity index is 1.65. The highest BCUT2D eigenvalue weighted by Gasteiger charge is 2.35. The Bertz CT molecular complexity index is 545. The minimum atomic E-state index is 0.0169. The molecule has 0 spiro atoms. The molecule has 1 heteroatoms. The molecule has 0 radical (unpaired) electrons. The fourth-order valence-electron chi connectivity index (χ4n) is 4.96. The van der Waals surface area contributed by atoms with Crippen LogP contribution in [0, 0.1) is 23.6 Å². The Morgan fingerprint density at radius 3 is 2.61 bits per heavy atom. The molecule has 4 unspecified atom stereocenters. The lowest BCUT2D eigenvalue weighted by Crippen LogP contribution is -2.30. The van der Waals surface area contributed by atoms with Crippen molar-refractivity contribution >= 4 is 0 Å². The van der Waals surface area contributed by atoms with Crippen molar-refractivity contribution in [1.29, 1.82) is 0 Å². The van der Waals surface area contributed by atoms with Crippen LogP contribution in [-0.4, -0.2) is 0 Å². The second kappa shape index (κ2) is 7.64. The Morgan fingerprint density at radius 1 is 1.09 bits per heavy atom. The number of allylic oxidation sites excluding steroid dienone is 2. The van der Waals surface area contributed by atoms with E-state index in [-0.39, 0.29) is 5.82 Å². The van der Waals surface area contributed by atoms with Crippen LogP contribution in [0.4, 0.5) is 4.39 Å². The van der Waals surface area contributed by atoms with Crippen molar-refractivity contribution in [2.75, 3.05) is 0 Å². The fourth-order valence-corrected chi connectivity index (χ4v) is 4.96. The summed E-state index contributed by atoms with van der Waals surface area (Å²) >= 11 is 0. The van der Waals surface area contributed by atoms with Gasteiger partial charge in [0.1, 0.15) is 5.82 Å². The number of hydrogen-bond donors (Lipinski definition) is 0. The topological polar surface area (TPSA) is 0 Å². The summed E-state index contributed by atoms with van der Waals surface area (Å²) in [6, 6.07) is 6.06. The van der Waals surface area contributed by atoms with Crippen LogP contribution in [0.1, 0.15) is 75.8 Å². The average Bonchev–Trinajstić information content (AvgIpc) is 2.57. The zero-order valence-electron chi connectivity index (χ0n) is 14.7. The molecular formula is C22H31F. The zero-order chi connectivity index (χ0) is 16.2. The largest absolute Gasteiger partial charge is 0.207 e. The van der Waals surface area contributed by atoms with Gasteiger partial charge in [-0.05, 0) is 92.7 Å².